The van der Waals surface area contributed by atoms with Crippen molar-refractivity contribution in [2.45, 2.75) is 49.4 Å². The topological polar surface area (TPSA) is 86.7 Å². The van der Waals surface area contributed by atoms with Gasteiger partial charge in [0.05, 0.1) is 16.6 Å². The fourth-order valence-corrected chi connectivity index (χ4v) is 5.56. The van der Waals surface area contributed by atoms with E-state index in [0.29, 0.717) is 6.54 Å². The van der Waals surface area contributed by atoms with Crippen LogP contribution < -0.4 is 5.32 Å². The number of aliphatic hydroxyl groups is 1. The first-order valence-electron chi connectivity index (χ1n) is 10.3. The van der Waals surface area contributed by atoms with E-state index < -0.39 is 40.3 Å². The highest BCUT2D eigenvalue weighted by atomic mass is 32.2. The van der Waals surface area contributed by atoms with Crippen molar-refractivity contribution >= 4 is 15.9 Å². The molecule has 0 spiro atoms. The summed E-state index contributed by atoms with van der Waals surface area (Å²) in [6.07, 6.45) is -3.75. The normalized spacial score (nSPS) is 18.8. The summed E-state index contributed by atoms with van der Waals surface area (Å²) in [7, 11) is -3.78. The van der Waals surface area contributed by atoms with Crippen molar-refractivity contribution in [3.05, 3.63) is 65.2 Å². The summed E-state index contributed by atoms with van der Waals surface area (Å²) in [4.78, 5) is 12.5. The molecule has 3 rings (SSSR count). The van der Waals surface area contributed by atoms with E-state index in [9.17, 15) is 31.5 Å². The smallest absolute Gasteiger partial charge is 0.387 e. The summed E-state index contributed by atoms with van der Waals surface area (Å²) in [6.45, 7) is 1.78. The zero-order valence-electron chi connectivity index (χ0n) is 17.5. The second-order valence-electron chi connectivity index (χ2n) is 7.80. The van der Waals surface area contributed by atoms with Crippen LogP contribution in [0.25, 0.3) is 0 Å². The average Bonchev–Trinajstić information content (AvgIpc) is 2.77. The molecule has 32 heavy (non-hydrogen) atoms. The molecule has 2 N–H and O–H groups in total. The number of hydrogen-bond donors (Lipinski definition) is 2. The molecule has 1 saturated heterocycles. The Kier molecular flexibility index (Phi) is 7.26. The number of aliphatic hydroxyl groups excluding tert-OH is 1. The monoisotopic (exact) mass is 470 g/mol. The molecule has 0 aromatic heterocycles. The summed E-state index contributed by atoms with van der Waals surface area (Å²) in [5.74, 6) is -0.697. The summed E-state index contributed by atoms with van der Waals surface area (Å²) in [5, 5.41) is 12.6. The summed E-state index contributed by atoms with van der Waals surface area (Å²) in [6, 6.07) is 9.93. The van der Waals surface area contributed by atoms with Crippen molar-refractivity contribution < 1.29 is 31.5 Å². The molecule has 2 aromatic rings. The number of halogens is 3. The van der Waals surface area contributed by atoms with Gasteiger partial charge in [-0.1, -0.05) is 30.7 Å². The van der Waals surface area contributed by atoms with Gasteiger partial charge in [-0.3, -0.25) is 4.79 Å². The number of rotatable bonds is 6. The number of sulfonamides is 1. The van der Waals surface area contributed by atoms with Crippen molar-refractivity contribution in [2.24, 2.45) is 0 Å². The Hall–Kier alpha value is -2.43. The van der Waals surface area contributed by atoms with E-state index in [-0.39, 0.29) is 22.1 Å². The van der Waals surface area contributed by atoms with Gasteiger partial charge in [0.2, 0.25) is 10.0 Å². The van der Waals surface area contributed by atoms with Crippen LogP contribution in [0.15, 0.2) is 53.4 Å². The van der Waals surface area contributed by atoms with E-state index in [0.717, 1.165) is 31.4 Å². The van der Waals surface area contributed by atoms with Crippen LogP contribution in [-0.2, 0) is 16.2 Å². The second kappa shape index (κ2) is 9.60. The molecular weight excluding hydrogens is 445 g/mol. The van der Waals surface area contributed by atoms with E-state index in [1.54, 1.807) is 0 Å². The fourth-order valence-electron chi connectivity index (χ4n) is 3.81. The molecule has 1 fully saturated rings. The quantitative estimate of drug-likeness (QED) is 0.674. The number of hydrogen-bond acceptors (Lipinski definition) is 4. The fraction of sp³-hybridized carbons (Fsp3) is 0.409. The molecule has 6 nitrogen and oxygen atoms in total. The summed E-state index contributed by atoms with van der Waals surface area (Å²) >= 11 is 0. The first-order valence-corrected chi connectivity index (χ1v) is 11.7. The lowest BCUT2D eigenvalue weighted by Gasteiger charge is -2.32. The van der Waals surface area contributed by atoms with Gasteiger partial charge in [0.25, 0.3) is 5.91 Å². The number of benzene rings is 2. The lowest BCUT2D eigenvalue weighted by atomic mass is 10.0. The Labute approximate surface area is 185 Å². The van der Waals surface area contributed by atoms with Crippen LogP contribution in [-0.4, -0.2) is 42.9 Å². The number of nitrogens with one attached hydrogen (secondary N) is 1. The molecule has 1 amide bonds. The van der Waals surface area contributed by atoms with E-state index in [4.69, 9.17) is 0 Å². The number of piperidine rings is 1. The second-order valence-corrected chi connectivity index (χ2v) is 9.69. The average molecular weight is 471 g/mol. The molecule has 0 bridgehead atoms. The van der Waals surface area contributed by atoms with E-state index >= 15 is 0 Å². The van der Waals surface area contributed by atoms with Crippen molar-refractivity contribution in [2.75, 3.05) is 13.1 Å². The summed E-state index contributed by atoms with van der Waals surface area (Å²) < 4.78 is 66.9. The standard InChI is InChI=1S/C22H25F3N2O4S/c1-15-7-4-5-12-27(15)32(30,31)17-9-6-8-16(13-17)21(29)26-14-20(28)18-10-2-3-11-19(18)22(23,24)25/h2-3,6,8-11,13,15,20,28H,4-5,7,12,14H2,1H3,(H,26,29). The predicted molar refractivity (Wildman–Crippen MR) is 112 cm³/mol. The molecule has 10 heteroatoms. The molecule has 2 atom stereocenters. The zero-order valence-corrected chi connectivity index (χ0v) is 18.3. The molecule has 0 radical (unpaired) electrons. The number of amides is 1. The van der Waals surface area contributed by atoms with Crippen molar-refractivity contribution in [1.29, 1.82) is 0 Å². The van der Waals surface area contributed by atoms with Gasteiger partial charge >= 0.3 is 6.18 Å². The van der Waals surface area contributed by atoms with Gasteiger partial charge in [-0.25, -0.2) is 8.42 Å². The van der Waals surface area contributed by atoms with Crippen molar-refractivity contribution in [3.8, 4) is 0 Å². The predicted octanol–water partition coefficient (Wildman–Crippen LogP) is 3.73. The number of carbonyl (C=O) groups excluding carboxylic acids is 1. The minimum absolute atomic E-state index is 0.0261. The van der Waals surface area contributed by atoms with E-state index in [1.165, 1.54) is 40.7 Å². The first-order chi connectivity index (χ1) is 15.0. The maximum absolute atomic E-state index is 13.2. The van der Waals surface area contributed by atoms with Gasteiger partial charge in [0.15, 0.2) is 0 Å². The number of carbonyl (C=O) groups is 1. The number of nitrogens with zero attached hydrogens (tertiary/aromatic N) is 1. The summed E-state index contributed by atoms with van der Waals surface area (Å²) in [5.41, 5.74) is -1.30. The lowest BCUT2D eigenvalue weighted by molar-refractivity contribution is -0.139. The Morgan fingerprint density at radius 2 is 1.91 bits per heavy atom. The molecule has 0 saturated carbocycles. The van der Waals surface area contributed by atoms with Crippen LogP contribution in [0.5, 0.6) is 0 Å². The van der Waals surface area contributed by atoms with Crippen molar-refractivity contribution in [1.82, 2.24) is 9.62 Å². The molecule has 2 unspecified atom stereocenters. The molecule has 2 aromatic carbocycles. The number of alkyl halides is 3. The Morgan fingerprint density at radius 1 is 1.19 bits per heavy atom. The van der Waals surface area contributed by atoms with Crippen LogP contribution in [0.3, 0.4) is 0 Å². The van der Waals surface area contributed by atoms with Crippen LogP contribution in [0, 0.1) is 0 Å². The van der Waals surface area contributed by atoms with Crippen LogP contribution in [0.1, 0.15) is 53.8 Å². The molecule has 0 aliphatic carbocycles. The SMILES string of the molecule is CC1CCCCN1S(=O)(=O)c1cccc(C(=O)NCC(O)c2ccccc2C(F)(F)F)c1. The Balaban J connectivity index is 1.73. The van der Waals surface area contributed by atoms with E-state index in [1.807, 2.05) is 6.92 Å². The van der Waals surface area contributed by atoms with Crippen LogP contribution in [0.4, 0.5) is 13.2 Å². The third kappa shape index (κ3) is 5.31. The molecule has 1 heterocycles. The minimum atomic E-state index is -4.64. The lowest BCUT2D eigenvalue weighted by Crippen LogP contribution is -2.42. The van der Waals surface area contributed by atoms with Crippen molar-refractivity contribution in [3.63, 3.8) is 0 Å². The van der Waals surface area contributed by atoms with Gasteiger partial charge in [0.1, 0.15) is 0 Å². The molecule has 1 aliphatic heterocycles. The highest BCUT2D eigenvalue weighted by Crippen LogP contribution is 2.34. The van der Waals surface area contributed by atoms with Gasteiger partial charge in [-0.05, 0) is 49.6 Å². The Bertz CT molecular complexity index is 1070. The largest absolute Gasteiger partial charge is 0.416 e. The Morgan fingerprint density at radius 3 is 2.59 bits per heavy atom. The van der Waals surface area contributed by atoms with Gasteiger partial charge in [0, 0.05) is 24.7 Å². The van der Waals surface area contributed by atoms with Gasteiger partial charge in [-0.15, -0.1) is 0 Å². The third-order valence-corrected chi connectivity index (χ3v) is 7.54. The van der Waals surface area contributed by atoms with Gasteiger partial charge in [-0.2, -0.15) is 17.5 Å². The molecular formula is C22H25F3N2O4S. The first kappa shape index (κ1) is 24.2. The van der Waals surface area contributed by atoms with Crippen LogP contribution in [0.2, 0.25) is 0 Å². The zero-order chi connectivity index (χ0) is 23.5. The maximum Gasteiger partial charge on any atom is 0.416 e. The highest BCUT2D eigenvalue weighted by Gasteiger charge is 2.35. The third-order valence-electron chi connectivity index (χ3n) is 5.53. The van der Waals surface area contributed by atoms with E-state index in [2.05, 4.69) is 5.32 Å². The minimum Gasteiger partial charge on any atom is -0.387 e. The van der Waals surface area contributed by atoms with Gasteiger partial charge < -0.3 is 10.4 Å². The maximum atomic E-state index is 13.2. The molecule has 1 aliphatic rings. The highest BCUT2D eigenvalue weighted by molar-refractivity contribution is 7.89. The van der Waals surface area contributed by atoms with Crippen LogP contribution >= 0.6 is 0 Å². The molecule has 174 valence electrons.